The molecule has 6 heteroatoms. The second kappa shape index (κ2) is 10.9. The lowest BCUT2D eigenvalue weighted by molar-refractivity contribution is -0.147. The number of ether oxygens (including phenoxy) is 2. The molecule has 5 rings (SSSR count). The van der Waals surface area contributed by atoms with Crippen LogP contribution in [0.25, 0.3) is 0 Å². The lowest BCUT2D eigenvalue weighted by atomic mass is 9.96. The number of rotatable bonds is 10. The van der Waals surface area contributed by atoms with E-state index < -0.39 is 0 Å². The van der Waals surface area contributed by atoms with Crippen LogP contribution in [-0.2, 0) is 27.1 Å². The molecule has 3 heterocycles. The number of hydrogen-bond acceptors (Lipinski definition) is 6. The van der Waals surface area contributed by atoms with Gasteiger partial charge in [0.05, 0.1) is 13.2 Å². The highest BCUT2D eigenvalue weighted by Crippen LogP contribution is 2.44. The van der Waals surface area contributed by atoms with Crippen LogP contribution in [0.3, 0.4) is 0 Å². The molecule has 0 radical (unpaired) electrons. The normalized spacial score (nSPS) is 21.0. The van der Waals surface area contributed by atoms with Crippen LogP contribution >= 0.6 is 0 Å². The summed E-state index contributed by atoms with van der Waals surface area (Å²) in [7, 11) is 1.49. The first-order valence-corrected chi connectivity index (χ1v) is 13.0. The lowest BCUT2D eigenvalue weighted by Crippen LogP contribution is -2.35. The minimum Gasteiger partial charge on any atom is -0.468 e. The van der Waals surface area contributed by atoms with Gasteiger partial charge in [-0.3, -0.25) is 4.90 Å². The summed E-state index contributed by atoms with van der Waals surface area (Å²) < 4.78 is 11.5. The third-order valence-corrected chi connectivity index (χ3v) is 7.41. The predicted octanol–water partition coefficient (Wildman–Crippen LogP) is 4.65. The number of carbonyl (C=O) groups is 1. The fraction of sp³-hybridized carbons (Fsp3) is 0.571. The number of pyridine rings is 1. The SMILES string of the molecule is COC(=O)C(c1ccccc1C1CC1)N1CC[C@@H](OCCCCc2ccc3c(n2)NCCC3)C1. The van der Waals surface area contributed by atoms with Crippen LogP contribution in [0.4, 0.5) is 5.82 Å². The minimum atomic E-state index is -0.334. The molecule has 3 aliphatic rings. The average molecular weight is 464 g/mol. The van der Waals surface area contributed by atoms with Crippen molar-refractivity contribution in [2.75, 3.05) is 38.7 Å². The third-order valence-electron chi connectivity index (χ3n) is 7.41. The van der Waals surface area contributed by atoms with Gasteiger partial charge in [0.2, 0.25) is 0 Å². The number of carbonyl (C=O) groups excluding carboxylic acids is 1. The third kappa shape index (κ3) is 5.44. The highest BCUT2D eigenvalue weighted by atomic mass is 16.5. The monoisotopic (exact) mass is 463 g/mol. The first-order chi connectivity index (χ1) is 16.7. The van der Waals surface area contributed by atoms with E-state index in [0.29, 0.717) is 5.92 Å². The number of aryl methyl sites for hydroxylation is 2. The Morgan fingerprint density at radius 3 is 2.91 bits per heavy atom. The molecule has 2 atom stereocenters. The van der Waals surface area contributed by atoms with E-state index in [-0.39, 0.29) is 18.1 Å². The Hall–Kier alpha value is -2.44. The number of esters is 1. The van der Waals surface area contributed by atoms with Gasteiger partial charge in [-0.05, 0) is 80.0 Å². The van der Waals surface area contributed by atoms with Crippen LogP contribution in [0.15, 0.2) is 36.4 Å². The van der Waals surface area contributed by atoms with Crippen molar-refractivity contribution < 1.29 is 14.3 Å². The van der Waals surface area contributed by atoms with E-state index in [2.05, 4.69) is 40.5 Å². The Bertz CT molecular complexity index is 991. The molecule has 6 nitrogen and oxygen atoms in total. The number of hydrogen-bond donors (Lipinski definition) is 1. The molecule has 0 amide bonds. The van der Waals surface area contributed by atoms with Gasteiger partial charge < -0.3 is 14.8 Å². The fourth-order valence-corrected chi connectivity index (χ4v) is 5.40. The molecule has 0 bridgehead atoms. The zero-order valence-electron chi connectivity index (χ0n) is 20.3. The molecule has 182 valence electrons. The number of nitrogens with one attached hydrogen (secondary N) is 1. The van der Waals surface area contributed by atoms with Crippen molar-refractivity contribution in [2.45, 2.75) is 69.4 Å². The van der Waals surface area contributed by atoms with Gasteiger partial charge in [0.15, 0.2) is 0 Å². The van der Waals surface area contributed by atoms with Gasteiger partial charge in [0.25, 0.3) is 0 Å². The summed E-state index contributed by atoms with van der Waals surface area (Å²) in [4.78, 5) is 19.9. The standard InChI is InChI=1S/C28H37N3O3/c1-33-28(32)26(25-10-3-2-9-24(25)20-11-12-20)31-17-15-23(19-31)34-18-5-4-8-22-14-13-21-7-6-16-29-27(21)30-22/h2-3,9-10,13-14,20,23,26H,4-8,11-12,15-19H2,1H3,(H,29,30)/t23-,26?/m1/s1. The predicted molar refractivity (Wildman–Crippen MR) is 133 cm³/mol. The van der Waals surface area contributed by atoms with E-state index >= 15 is 0 Å². The molecule has 34 heavy (non-hydrogen) atoms. The maximum Gasteiger partial charge on any atom is 0.327 e. The fourth-order valence-electron chi connectivity index (χ4n) is 5.40. The van der Waals surface area contributed by atoms with Gasteiger partial charge in [-0.15, -0.1) is 0 Å². The summed E-state index contributed by atoms with van der Waals surface area (Å²) in [5.41, 5.74) is 4.93. The van der Waals surface area contributed by atoms with E-state index in [1.165, 1.54) is 37.5 Å². The molecule has 1 aliphatic carbocycles. The molecule has 1 saturated heterocycles. The summed E-state index contributed by atoms with van der Waals surface area (Å²) in [5, 5.41) is 3.42. The first kappa shape index (κ1) is 23.3. The van der Waals surface area contributed by atoms with Crippen molar-refractivity contribution in [1.82, 2.24) is 9.88 Å². The second-order valence-electron chi connectivity index (χ2n) is 9.90. The van der Waals surface area contributed by atoms with E-state index in [4.69, 9.17) is 14.5 Å². The van der Waals surface area contributed by atoms with Gasteiger partial charge in [-0.2, -0.15) is 0 Å². The lowest BCUT2D eigenvalue weighted by Gasteiger charge is -2.27. The van der Waals surface area contributed by atoms with Gasteiger partial charge in [0, 0.05) is 31.9 Å². The molecule has 1 aromatic carbocycles. The molecule has 1 saturated carbocycles. The van der Waals surface area contributed by atoms with Gasteiger partial charge in [0.1, 0.15) is 11.9 Å². The zero-order valence-corrected chi connectivity index (χ0v) is 20.3. The van der Waals surface area contributed by atoms with E-state index in [1.54, 1.807) is 0 Å². The highest BCUT2D eigenvalue weighted by molar-refractivity contribution is 5.78. The Morgan fingerprint density at radius 1 is 1.18 bits per heavy atom. The highest BCUT2D eigenvalue weighted by Gasteiger charge is 2.38. The number of anilines is 1. The van der Waals surface area contributed by atoms with Crippen molar-refractivity contribution in [3.05, 3.63) is 58.8 Å². The van der Waals surface area contributed by atoms with Crippen LogP contribution in [0.5, 0.6) is 0 Å². The molecule has 2 aliphatic heterocycles. The topological polar surface area (TPSA) is 63.7 Å². The molecule has 1 aromatic heterocycles. The van der Waals surface area contributed by atoms with Gasteiger partial charge in [-0.1, -0.05) is 30.3 Å². The molecule has 0 spiro atoms. The molecule has 2 aromatic rings. The number of fused-ring (bicyclic) bond motifs is 1. The van der Waals surface area contributed by atoms with E-state index in [0.717, 1.165) is 75.4 Å². The van der Waals surface area contributed by atoms with Gasteiger partial charge in [-0.25, -0.2) is 9.78 Å². The smallest absolute Gasteiger partial charge is 0.327 e. The number of aromatic nitrogens is 1. The number of methoxy groups -OCH3 is 1. The largest absolute Gasteiger partial charge is 0.468 e. The molecule has 2 fully saturated rings. The maximum atomic E-state index is 12.8. The van der Waals surface area contributed by atoms with Crippen molar-refractivity contribution in [2.24, 2.45) is 0 Å². The molecule has 1 unspecified atom stereocenters. The molecular weight excluding hydrogens is 426 g/mol. The maximum absolute atomic E-state index is 12.8. The Kier molecular flexibility index (Phi) is 7.45. The van der Waals surface area contributed by atoms with Crippen LogP contribution in [0.2, 0.25) is 0 Å². The summed E-state index contributed by atoms with van der Waals surface area (Å²) in [5.74, 6) is 1.51. The second-order valence-corrected chi connectivity index (χ2v) is 9.90. The number of likely N-dealkylation sites (tertiary alicyclic amines) is 1. The van der Waals surface area contributed by atoms with E-state index in [9.17, 15) is 4.79 Å². The van der Waals surface area contributed by atoms with Crippen LogP contribution < -0.4 is 5.32 Å². The Balaban J connectivity index is 1.10. The zero-order chi connectivity index (χ0) is 23.3. The summed E-state index contributed by atoms with van der Waals surface area (Å²) >= 11 is 0. The van der Waals surface area contributed by atoms with E-state index in [1.807, 2.05) is 6.07 Å². The van der Waals surface area contributed by atoms with Crippen LogP contribution in [-0.4, -0.2) is 55.3 Å². The van der Waals surface area contributed by atoms with Crippen LogP contribution in [0.1, 0.15) is 72.9 Å². The van der Waals surface area contributed by atoms with Crippen LogP contribution in [0, 0.1) is 0 Å². The quantitative estimate of drug-likeness (QED) is 0.409. The molecule has 1 N–H and O–H groups in total. The summed E-state index contributed by atoms with van der Waals surface area (Å²) in [6.45, 7) is 3.41. The Labute approximate surface area is 203 Å². The van der Waals surface area contributed by atoms with Crippen molar-refractivity contribution in [3.8, 4) is 0 Å². The summed E-state index contributed by atoms with van der Waals surface area (Å²) in [6.07, 6.45) is 8.96. The molecular formula is C28H37N3O3. The first-order valence-electron chi connectivity index (χ1n) is 13.0. The van der Waals surface area contributed by atoms with Crippen molar-refractivity contribution in [3.63, 3.8) is 0 Å². The van der Waals surface area contributed by atoms with Gasteiger partial charge >= 0.3 is 5.97 Å². The summed E-state index contributed by atoms with van der Waals surface area (Å²) in [6, 6.07) is 12.5. The minimum absolute atomic E-state index is 0.166. The number of unbranched alkanes of at least 4 members (excludes halogenated alkanes) is 1. The van der Waals surface area contributed by atoms with Crippen molar-refractivity contribution >= 4 is 11.8 Å². The number of nitrogens with zero attached hydrogens (tertiary/aromatic N) is 2. The van der Waals surface area contributed by atoms with Crippen molar-refractivity contribution in [1.29, 1.82) is 0 Å². The average Bonchev–Trinajstić information content (AvgIpc) is 3.63. The Morgan fingerprint density at radius 2 is 2.06 bits per heavy atom. The number of benzene rings is 1.